The van der Waals surface area contributed by atoms with E-state index in [1.54, 1.807) is 0 Å². The van der Waals surface area contributed by atoms with E-state index >= 15 is 0 Å². The van der Waals surface area contributed by atoms with Gasteiger partial charge >= 0.3 is 0 Å². The Labute approximate surface area is 93.0 Å². The van der Waals surface area contributed by atoms with Gasteiger partial charge in [-0.25, -0.2) is 0 Å². The molecule has 2 nitrogen and oxygen atoms in total. The number of ether oxygens (including phenoxy) is 2. The van der Waals surface area contributed by atoms with Crippen molar-refractivity contribution in [2.75, 3.05) is 13.2 Å². The first-order valence-electron chi connectivity index (χ1n) is 5.72. The molecule has 0 aromatic carbocycles. The third-order valence-corrected chi connectivity index (χ3v) is 2.58. The predicted molar refractivity (Wildman–Crippen MR) is 63.0 cm³/mol. The number of hydrogen-bond acceptors (Lipinski definition) is 2. The monoisotopic (exact) mass is 210 g/mol. The molecule has 0 aromatic heterocycles. The highest BCUT2D eigenvalue weighted by atomic mass is 16.5. The van der Waals surface area contributed by atoms with Crippen LogP contribution in [0.2, 0.25) is 0 Å². The third kappa shape index (κ3) is 4.63. The summed E-state index contributed by atoms with van der Waals surface area (Å²) in [4.78, 5) is 0. The normalized spacial score (nSPS) is 26.2. The van der Waals surface area contributed by atoms with Crippen molar-refractivity contribution in [1.29, 1.82) is 0 Å². The Morgan fingerprint density at radius 3 is 3.07 bits per heavy atom. The van der Waals surface area contributed by atoms with Gasteiger partial charge in [0.2, 0.25) is 0 Å². The Morgan fingerprint density at radius 2 is 2.40 bits per heavy atom. The standard InChI is InChI=1S/C13H22O2/c1-4-5-7-12-13(8-6-9-14-12)15-10-11(2)3/h4,12-13H,1-2,5-10H2,3H3/t12-,13+/m0/s1. The van der Waals surface area contributed by atoms with Crippen LogP contribution >= 0.6 is 0 Å². The van der Waals surface area contributed by atoms with E-state index in [0.717, 1.165) is 37.9 Å². The van der Waals surface area contributed by atoms with Gasteiger partial charge in [0, 0.05) is 6.61 Å². The van der Waals surface area contributed by atoms with Crippen LogP contribution in [0.5, 0.6) is 0 Å². The van der Waals surface area contributed by atoms with E-state index in [9.17, 15) is 0 Å². The van der Waals surface area contributed by atoms with Crippen LogP contribution in [-0.4, -0.2) is 25.4 Å². The summed E-state index contributed by atoms with van der Waals surface area (Å²) >= 11 is 0. The van der Waals surface area contributed by atoms with Crippen LogP contribution in [0.1, 0.15) is 32.6 Å². The molecule has 0 amide bonds. The van der Waals surface area contributed by atoms with Crippen molar-refractivity contribution in [3.8, 4) is 0 Å². The van der Waals surface area contributed by atoms with Gasteiger partial charge in [-0.3, -0.25) is 0 Å². The molecule has 1 rings (SSSR count). The van der Waals surface area contributed by atoms with Crippen LogP contribution in [0.15, 0.2) is 24.8 Å². The van der Waals surface area contributed by atoms with Crippen LogP contribution in [0, 0.1) is 0 Å². The van der Waals surface area contributed by atoms with Gasteiger partial charge in [0.15, 0.2) is 0 Å². The van der Waals surface area contributed by atoms with E-state index in [1.165, 1.54) is 0 Å². The van der Waals surface area contributed by atoms with Crippen LogP contribution < -0.4 is 0 Å². The Bertz CT molecular complexity index is 211. The van der Waals surface area contributed by atoms with Crippen molar-refractivity contribution in [3.63, 3.8) is 0 Å². The first-order valence-corrected chi connectivity index (χ1v) is 5.72. The van der Waals surface area contributed by atoms with Crippen LogP contribution in [-0.2, 0) is 9.47 Å². The fraction of sp³-hybridized carbons (Fsp3) is 0.692. The van der Waals surface area contributed by atoms with Crippen LogP contribution in [0.3, 0.4) is 0 Å². The van der Waals surface area contributed by atoms with Gasteiger partial charge in [-0.05, 0) is 32.6 Å². The molecule has 0 radical (unpaired) electrons. The Morgan fingerprint density at radius 1 is 1.60 bits per heavy atom. The molecule has 1 fully saturated rings. The van der Waals surface area contributed by atoms with Gasteiger partial charge in [-0.15, -0.1) is 6.58 Å². The quantitative estimate of drug-likeness (QED) is 0.627. The lowest BCUT2D eigenvalue weighted by Gasteiger charge is -2.31. The summed E-state index contributed by atoms with van der Waals surface area (Å²) in [6, 6.07) is 0. The average molecular weight is 210 g/mol. The maximum Gasteiger partial charge on any atom is 0.0842 e. The fourth-order valence-corrected chi connectivity index (χ4v) is 1.80. The predicted octanol–water partition coefficient (Wildman–Crippen LogP) is 3.09. The first kappa shape index (κ1) is 12.5. The molecule has 1 aliphatic heterocycles. The molecule has 1 saturated heterocycles. The molecule has 0 spiro atoms. The topological polar surface area (TPSA) is 18.5 Å². The zero-order chi connectivity index (χ0) is 11.1. The maximum atomic E-state index is 5.80. The van der Waals surface area contributed by atoms with Crippen molar-refractivity contribution in [1.82, 2.24) is 0 Å². The molecule has 2 heteroatoms. The molecule has 2 atom stereocenters. The summed E-state index contributed by atoms with van der Waals surface area (Å²) in [5, 5.41) is 0. The van der Waals surface area contributed by atoms with Crippen molar-refractivity contribution < 1.29 is 9.47 Å². The van der Waals surface area contributed by atoms with E-state index in [1.807, 2.05) is 13.0 Å². The molecule has 86 valence electrons. The van der Waals surface area contributed by atoms with Crippen molar-refractivity contribution in [2.45, 2.75) is 44.8 Å². The molecule has 0 aromatic rings. The molecule has 0 unspecified atom stereocenters. The van der Waals surface area contributed by atoms with E-state index in [-0.39, 0.29) is 12.2 Å². The van der Waals surface area contributed by atoms with E-state index < -0.39 is 0 Å². The SMILES string of the molecule is C=CCC[C@@H]1OCCC[C@H]1OCC(=C)C. The molecule has 1 aliphatic rings. The van der Waals surface area contributed by atoms with Gasteiger partial charge in [-0.1, -0.05) is 18.2 Å². The van der Waals surface area contributed by atoms with Crippen molar-refractivity contribution >= 4 is 0 Å². The van der Waals surface area contributed by atoms with Crippen LogP contribution in [0.4, 0.5) is 0 Å². The Balaban J connectivity index is 2.35. The summed E-state index contributed by atoms with van der Waals surface area (Å²) in [7, 11) is 0. The zero-order valence-corrected chi connectivity index (χ0v) is 9.71. The fourth-order valence-electron chi connectivity index (χ4n) is 1.80. The molecule has 15 heavy (non-hydrogen) atoms. The molecule has 0 N–H and O–H groups in total. The molecular formula is C13H22O2. The summed E-state index contributed by atoms with van der Waals surface area (Å²) in [5.74, 6) is 0. The minimum Gasteiger partial charge on any atom is -0.376 e. The van der Waals surface area contributed by atoms with Gasteiger partial charge < -0.3 is 9.47 Å². The highest BCUT2D eigenvalue weighted by Gasteiger charge is 2.25. The van der Waals surface area contributed by atoms with Gasteiger partial charge in [-0.2, -0.15) is 0 Å². The van der Waals surface area contributed by atoms with Gasteiger partial charge in [0.1, 0.15) is 0 Å². The largest absolute Gasteiger partial charge is 0.376 e. The molecule has 0 aliphatic carbocycles. The molecule has 0 saturated carbocycles. The van der Waals surface area contributed by atoms with E-state index in [0.29, 0.717) is 6.61 Å². The summed E-state index contributed by atoms with van der Waals surface area (Å²) in [5.41, 5.74) is 1.07. The summed E-state index contributed by atoms with van der Waals surface area (Å²) in [6.45, 7) is 11.1. The highest BCUT2D eigenvalue weighted by molar-refractivity contribution is 4.89. The number of allylic oxidation sites excluding steroid dienone is 1. The minimum absolute atomic E-state index is 0.246. The molecular weight excluding hydrogens is 188 g/mol. The summed E-state index contributed by atoms with van der Waals surface area (Å²) in [6.07, 6.45) is 6.66. The maximum absolute atomic E-state index is 5.80. The van der Waals surface area contributed by atoms with Crippen molar-refractivity contribution in [3.05, 3.63) is 24.8 Å². The number of hydrogen-bond donors (Lipinski definition) is 0. The van der Waals surface area contributed by atoms with Gasteiger partial charge in [0.25, 0.3) is 0 Å². The second-order valence-corrected chi connectivity index (χ2v) is 4.22. The smallest absolute Gasteiger partial charge is 0.0842 e. The lowest BCUT2D eigenvalue weighted by molar-refractivity contribution is -0.102. The van der Waals surface area contributed by atoms with Crippen LogP contribution in [0.25, 0.3) is 0 Å². The lowest BCUT2D eigenvalue weighted by Crippen LogP contribution is -2.36. The molecule has 1 heterocycles. The Kier molecular flexibility index (Phi) is 5.66. The third-order valence-electron chi connectivity index (χ3n) is 2.58. The second kappa shape index (κ2) is 6.81. The summed E-state index contributed by atoms with van der Waals surface area (Å²) < 4.78 is 11.5. The highest BCUT2D eigenvalue weighted by Crippen LogP contribution is 2.21. The average Bonchev–Trinajstić information content (AvgIpc) is 2.24. The zero-order valence-electron chi connectivity index (χ0n) is 9.71. The molecule has 0 bridgehead atoms. The minimum atomic E-state index is 0.246. The second-order valence-electron chi connectivity index (χ2n) is 4.22. The lowest BCUT2D eigenvalue weighted by atomic mass is 10.0. The van der Waals surface area contributed by atoms with Gasteiger partial charge in [0.05, 0.1) is 18.8 Å². The van der Waals surface area contributed by atoms with E-state index in [4.69, 9.17) is 9.47 Å². The van der Waals surface area contributed by atoms with E-state index in [2.05, 4.69) is 13.2 Å². The Hall–Kier alpha value is -0.600. The first-order chi connectivity index (χ1) is 7.24. The number of rotatable bonds is 6. The van der Waals surface area contributed by atoms with Crippen molar-refractivity contribution in [2.24, 2.45) is 0 Å².